The SMILES string of the molecule is CCCNC1(C#N)CCCC1CCSc1ccccc1F. The van der Waals surface area contributed by atoms with Gasteiger partial charge in [-0.25, -0.2) is 4.39 Å². The fourth-order valence-corrected chi connectivity index (χ4v) is 4.11. The van der Waals surface area contributed by atoms with Gasteiger partial charge in [0.05, 0.1) is 6.07 Å². The maximum atomic E-state index is 13.6. The van der Waals surface area contributed by atoms with Crippen LogP contribution in [0, 0.1) is 23.1 Å². The van der Waals surface area contributed by atoms with E-state index in [0.717, 1.165) is 44.4 Å². The average molecular weight is 306 g/mol. The van der Waals surface area contributed by atoms with Crippen LogP contribution in [0.5, 0.6) is 0 Å². The molecule has 1 fully saturated rings. The van der Waals surface area contributed by atoms with Crippen LogP contribution in [0.15, 0.2) is 29.2 Å². The number of benzene rings is 1. The first-order chi connectivity index (χ1) is 10.2. The van der Waals surface area contributed by atoms with Crippen LogP contribution in [-0.2, 0) is 0 Å². The fraction of sp³-hybridized carbons (Fsp3) is 0.588. The second-order valence-electron chi connectivity index (χ2n) is 5.67. The van der Waals surface area contributed by atoms with E-state index in [4.69, 9.17) is 0 Å². The molecule has 0 aliphatic heterocycles. The van der Waals surface area contributed by atoms with Gasteiger partial charge in [0, 0.05) is 4.90 Å². The minimum atomic E-state index is -0.355. The predicted molar refractivity (Wildman–Crippen MR) is 85.7 cm³/mol. The number of nitriles is 1. The minimum absolute atomic E-state index is 0.149. The summed E-state index contributed by atoms with van der Waals surface area (Å²) in [5, 5.41) is 13.1. The zero-order valence-electron chi connectivity index (χ0n) is 12.6. The number of thioether (sulfide) groups is 1. The summed E-state index contributed by atoms with van der Waals surface area (Å²) < 4.78 is 13.6. The van der Waals surface area contributed by atoms with Gasteiger partial charge in [0.25, 0.3) is 0 Å². The highest BCUT2D eigenvalue weighted by Gasteiger charge is 2.42. The standard InChI is InChI=1S/C17H23FN2S/c1-2-11-20-17(13-19)10-5-6-14(17)9-12-21-16-8-4-3-7-15(16)18/h3-4,7-8,14,20H,2,5-6,9-12H2,1H3. The third-order valence-corrected chi connectivity index (χ3v) is 5.35. The maximum absolute atomic E-state index is 13.6. The van der Waals surface area contributed by atoms with Crippen LogP contribution < -0.4 is 5.32 Å². The van der Waals surface area contributed by atoms with E-state index in [1.165, 1.54) is 6.07 Å². The highest BCUT2D eigenvalue weighted by molar-refractivity contribution is 7.99. The molecule has 21 heavy (non-hydrogen) atoms. The minimum Gasteiger partial charge on any atom is -0.299 e. The Labute approximate surface area is 131 Å². The van der Waals surface area contributed by atoms with Crippen LogP contribution in [0.2, 0.25) is 0 Å². The van der Waals surface area contributed by atoms with Crippen molar-refractivity contribution in [3.05, 3.63) is 30.1 Å². The summed E-state index contributed by atoms with van der Waals surface area (Å²) in [6.07, 6.45) is 5.16. The average Bonchev–Trinajstić information content (AvgIpc) is 2.90. The molecular formula is C17H23FN2S. The largest absolute Gasteiger partial charge is 0.299 e. The fourth-order valence-electron chi connectivity index (χ4n) is 3.11. The Hall–Kier alpha value is -1.05. The zero-order valence-corrected chi connectivity index (χ0v) is 13.4. The van der Waals surface area contributed by atoms with Crippen molar-refractivity contribution in [1.29, 1.82) is 5.26 Å². The Bertz CT molecular complexity index is 500. The molecule has 1 saturated carbocycles. The molecule has 1 N–H and O–H groups in total. The number of nitrogens with zero attached hydrogens (tertiary/aromatic N) is 1. The van der Waals surface area contributed by atoms with E-state index in [1.54, 1.807) is 17.8 Å². The normalized spacial score (nSPS) is 24.9. The summed E-state index contributed by atoms with van der Waals surface area (Å²) in [7, 11) is 0. The molecule has 2 atom stereocenters. The molecule has 0 heterocycles. The summed E-state index contributed by atoms with van der Waals surface area (Å²) in [6.45, 7) is 3.01. The number of halogens is 1. The highest BCUT2D eigenvalue weighted by atomic mass is 32.2. The van der Waals surface area contributed by atoms with Crippen LogP contribution in [0.4, 0.5) is 4.39 Å². The van der Waals surface area contributed by atoms with Gasteiger partial charge in [0.1, 0.15) is 11.4 Å². The van der Waals surface area contributed by atoms with Gasteiger partial charge < -0.3 is 0 Å². The van der Waals surface area contributed by atoms with E-state index in [9.17, 15) is 9.65 Å². The van der Waals surface area contributed by atoms with Crippen LogP contribution in [0.25, 0.3) is 0 Å². The van der Waals surface area contributed by atoms with Crippen molar-refractivity contribution in [2.45, 2.75) is 49.5 Å². The number of rotatable bonds is 7. The van der Waals surface area contributed by atoms with Crippen molar-refractivity contribution in [2.75, 3.05) is 12.3 Å². The van der Waals surface area contributed by atoms with Gasteiger partial charge >= 0.3 is 0 Å². The predicted octanol–water partition coefficient (Wildman–Crippen LogP) is 4.37. The van der Waals surface area contributed by atoms with Crippen molar-refractivity contribution in [3.8, 4) is 6.07 Å². The van der Waals surface area contributed by atoms with E-state index < -0.39 is 0 Å². The van der Waals surface area contributed by atoms with Crippen molar-refractivity contribution in [3.63, 3.8) is 0 Å². The Morgan fingerprint density at radius 1 is 1.48 bits per heavy atom. The van der Waals surface area contributed by atoms with Gasteiger partial charge in [-0.05, 0) is 56.0 Å². The molecule has 0 bridgehead atoms. The third-order valence-electron chi connectivity index (χ3n) is 4.27. The summed E-state index contributed by atoms with van der Waals surface area (Å²) in [6, 6.07) is 9.43. The third kappa shape index (κ3) is 3.99. The summed E-state index contributed by atoms with van der Waals surface area (Å²) >= 11 is 1.56. The number of hydrogen-bond acceptors (Lipinski definition) is 3. The van der Waals surface area contributed by atoms with E-state index in [1.807, 2.05) is 12.1 Å². The summed E-state index contributed by atoms with van der Waals surface area (Å²) in [5.41, 5.74) is -0.355. The lowest BCUT2D eigenvalue weighted by molar-refractivity contribution is 0.311. The van der Waals surface area contributed by atoms with Crippen molar-refractivity contribution < 1.29 is 4.39 Å². The van der Waals surface area contributed by atoms with E-state index in [-0.39, 0.29) is 11.4 Å². The Balaban J connectivity index is 1.90. The molecule has 1 aromatic rings. The lowest BCUT2D eigenvalue weighted by Crippen LogP contribution is -2.47. The molecule has 2 unspecified atom stereocenters. The van der Waals surface area contributed by atoms with Gasteiger partial charge in [-0.2, -0.15) is 5.26 Å². The van der Waals surface area contributed by atoms with Crippen LogP contribution >= 0.6 is 11.8 Å². The van der Waals surface area contributed by atoms with Crippen molar-refractivity contribution in [1.82, 2.24) is 5.32 Å². The number of nitrogens with one attached hydrogen (secondary N) is 1. The smallest absolute Gasteiger partial charge is 0.136 e. The molecule has 2 rings (SSSR count). The molecule has 1 aliphatic rings. The molecule has 0 saturated heterocycles. The monoisotopic (exact) mass is 306 g/mol. The van der Waals surface area contributed by atoms with Gasteiger partial charge in [0.2, 0.25) is 0 Å². The molecule has 2 nitrogen and oxygen atoms in total. The second-order valence-corrected chi connectivity index (χ2v) is 6.80. The molecular weight excluding hydrogens is 283 g/mol. The van der Waals surface area contributed by atoms with Gasteiger partial charge in [-0.15, -0.1) is 11.8 Å². The first-order valence-corrected chi connectivity index (χ1v) is 8.74. The molecule has 0 aromatic heterocycles. The summed E-state index contributed by atoms with van der Waals surface area (Å²) in [5.74, 6) is 1.10. The van der Waals surface area contributed by atoms with Crippen molar-refractivity contribution >= 4 is 11.8 Å². The van der Waals surface area contributed by atoms with Gasteiger partial charge in [-0.1, -0.05) is 25.5 Å². The quantitative estimate of drug-likeness (QED) is 0.760. The van der Waals surface area contributed by atoms with Gasteiger partial charge in [0.15, 0.2) is 0 Å². The Morgan fingerprint density at radius 2 is 2.29 bits per heavy atom. The van der Waals surface area contributed by atoms with Crippen molar-refractivity contribution in [2.24, 2.45) is 5.92 Å². The Morgan fingerprint density at radius 3 is 3.00 bits per heavy atom. The molecule has 0 amide bonds. The van der Waals surface area contributed by atoms with E-state index in [2.05, 4.69) is 18.3 Å². The van der Waals surface area contributed by atoms with E-state index >= 15 is 0 Å². The molecule has 1 aliphatic carbocycles. The lowest BCUT2D eigenvalue weighted by atomic mass is 9.86. The molecule has 0 spiro atoms. The van der Waals surface area contributed by atoms with Crippen LogP contribution in [0.1, 0.15) is 39.0 Å². The first-order valence-electron chi connectivity index (χ1n) is 7.75. The maximum Gasteiger partial charge on any atom is 0.136 e. The topological polar surface area (TPSA) is 35.8 Å². The Kier molecular flexibility index (Phi) is 6.08. The highest BCUT2D eigenvalue weighted by Crippen LogP contribution is 2.39. The molecule has 1 aromatic carbocycles. The molecule has 114 valence electrons. The molecule has 0 radical (unpaired) electrons. The van der Waals surface area contributed by atoms with Crippen LogP contribution in [-0.4, -0.2) is 17.8 Å². The zero-order chi connectivity index (χ0) is 15.1. The van der Waals surface area contributed by atoms with E-state index in [0.29, 0.717) is 10.8 Å². The summed E-state index contributed by atoms with van der Waals surface area (Å²) in [4.78, 5) is 0.708. The molecule has 4 heteroatoms. The lowest BCUT2D eigenvalue weighted by Gasteiger charge is -2.30. The van der Waals surface area contributed by atoms with Crippen LogP contribution in [0.3, 0.4) is 0 Å². The number of hydrogen-bond donors (Lipinski definition) is 1. The second kappa shape index (κ2) is 7.82. The van der Waals surface area contributed by atoms with Gasteiger partial charge in [-0.3, -0.25) is 5.32 Å². The first kappa shape index (κ1) is 16.3.